The van der Waals surface area contributed by atoms with Gasteiger partial charge in [0.2, 0.25) is 0 Å². The molecular formula is C13H18ClFN2. The standard InChI is InChI=1S/C13H18ClFN2/c1-17(2)13(8-5-10(16)6-8)11-7-9(14)3-4-12(11)15/h3-4,7-8,10,13H,5-6,16H2,1-2H3. The van der Waals surface area contributed by atoms with Crippen molar-refractivity contribution in [2.24, 2.45) is 11.7 Å². The minimum Gasteiger partial charge on any atom is -0.328 e. The lowest BCUT2D eigenvalue weighted by Gasteiger charge is -2.42. The molecule has 0 radical (unpaired) electrons. The van der Waals surface area contributed by atoms with Crippen LogP contribution in [-0.2, 0) is 0 Å². The van der Waals surface area contributed by atoms with Crippen LogP contribution < -0.4 is 5.73 Å². The Kier molecular flexibility index (Phi) is 3.71. The molecule has 0 saturated heterocycles. The Bertz CT molecular complexity index is 402. The van der Waals surface area contributed by atoms with E-state index in [1.54, 1.807) is 12.1 Å². The quantitative estimate of drug-likeness (QED) is 0.901. The fraction of sp³-hybridized carbons (Fsp3) is 0.538. The Morgan fingerprint density at radius 2 is 2.06 bits per heavy atom. The van der Waals surface area contributed by atoms with Crippen LogP contribution in [0.25, 0.3) is 0 Å². The zero-order valence-corrected chi connectivity index (χ0v) is 10.9. The molecule has 1 unspecified atom stereocenters. The smallest absolute Gasteiger partial charge is 0.128 e. The molecule has 4 heteroatoms. The van der Waals surface area contributed by atoms with Crippen LogP contribution in [0.5, 0.6) is 0 Å². The third-order valence-electron chi connectivity index (χ3n) is 3.49. The first-order valence-electron chi connectivity index (χ1n) is 5.86. The molecule has 17 heavy (non-hydrogen) atoms. The van der Waals surface area contributed by atoms with E-state index in [4.69, 9.17) is 17.3 Å². The van der Waals surface area contributed by atoms with Crippen molar-refractivity contribution in [2.45, 2.75) is 24.9 Å². The van der Waals surface area contributed by atoms with Crippen LogP contribution in [0, 0.1) is 11.7 Å². The first-order valence-corrected chi connectivity index (χ1v) is 6.23. The Morgan fingerprint density at radius 1 is 1.41 bits per heavy atom. The van der Waals surface area contributed by atoms with Gasteiger partial charge in [0.25, 0.3) is 0 Å². The van der Waals surface area contributed by atoms with Crippen LogP contribution in [0.1, 0.15) is 24.4 Å². The highest BCUT2D eigenvalue weighted by Gasteiger charge is 2.36. The van der Waals surface area contributed by atoms with Crippen molar-refractivity contribution in [2.75, 3.05) is 14.1 Å². The van der Waals surface area contributed by atoms with Gasteiger partial charge in [0.05, 0.1) is 0 Å². The lowest BCUT2D eigenvalue weighted by Crippen LogP contribution is -2.43. The molecule has 0 aliphatic heterocycles. The van der Waals surface area contributed by atoms with Crippen LogP contribution in [0.4, 0.5) is 4.39 Å². The summed E-state index contributed by atoms with van der Waals surface area (Å²) in [6.07, 6.45) is 1.91. The van der Waals surface area contributed by atoms with E-state index in [2.05, 4.69) is 0 Å². The minimum absolute atomic E-state index is 0.0634. The van der Waals surface area contributed by atoms with E-state index in [1.807, 2.05) is 19.0 Å². The summed E-state index contributed by atoms with van der Waals surface area (Å²) in [6.45, 7) is 0. The first kappa shape index (κ1) is 12.8. The molecule has 1 aliphatic carbocycles. The summed E-state index contributed by atoms with van der Waals surface area (Å²) >= 11 is 5.95. The Hall–Kier alpha value is -0.640. The fourth-order valence-corrected chi connectivity index (χ4v) is 2.84. The van der Waals surface area contributed by atoms with Crippen molar-refractivity contribution < 1.29 is 4.39 Å². The highest BCUT2D eigenvalue weighted by Crippen LogP contribution is 2.41. The van der Waals surface area contributed by atoms with E-state index in [1.165, 1.54) is 6.07 Å². The van der Waals surface area contributed by atoms with E-state index >= 15 is 0 Å². The molecule has 1 atom stereocenters. The fourth-order valence-electron chi connectivity index (χ4n) is 2.66. The summed E-state index contributed by atoms with van der Waals surface area (Å²) in [5.41, 5.74) is 6.49. The zero-order chi connectivity index (χ0) is 12.6. The van der Waals surface area contributed by atoms with Crippen molar-refractivity contribution in [3.05, 3.63) is 34.6 Å². The highest BCUT2D eigenvalue weighted by atomic mass is 35.5. The topological polar surface area (TPSA) is 29.3 Å². The summed E-state index contributed by atoms with van der Waals surface area (Å²) in [4.78, 5) is 2.05. The molecule has 2 rings (SSSR count). The maximum absolute atomic E-state index is 13.9. The van der Waals surface area contributed by atoms with Gasteiger partial charge in [-0.25, -0.2) is 4.39 Å². The van der Waals surface area contributed by atoms with Crippen molar-refractivity contribution in [1.82, 2.24) is 4.90 Å². The van der Waals surface area contributed by atoms with Gasteiger partial charge in [-0.3, -0.25) is 0 Å². The number of nitrogens with two attached hydrogens (primary N) is 1. The van der Waals surface area contributed by atoms with Gasteiger partial charge in [-0.05, 0) is 51.1 Å². The number of nitrogens with zero attached hydrogens (tertiary/aromatic N) is 1. The second kappa shape index (κ2) is 4.92. The molecule has 1 fully saturated rings. The molecule has 0 bridgehead atoms. The van der Waals surface area contributed by atoms with Crippen LogP contribution in [0.15, 0.2) is 18.2 Å². The summed E-state index contributed by atoms with van der Waals surface area (Å²) in [6, 6.07) is 5.08. The number of benzene rings is 1. The molecule has 1 saturated carbocycles. The van der Waals surface area contributed by atoms with Gasteiger partial charge in [0, 0.05) is 22.7 Å². The second-order valence-corrected chi connectivity index (χ2v) is 5.50. The number of hydrogen-bond donors (Lipinski definition) is 1. The maximum atomic E-state index is 13.9. The summed E-state index contributed by atoms with van der Waals surface area (Å²) in [7, 11) is 3.93. The normalized spacial score (nSPS) is 25.8. The third-order valence-corrected chi connectivity index (χ3v) is 3.73. The second-order valence-electron chi connectivity index (χ2n) is 5.07. The largest absolute Gasteiger partial charge is 0.328 e. The maximum Gasteiger partial charge on any atom is 0.128 e. The predicted octanol–water partition coefficient (Wildman–Crippen LogP) is 2.82. The summed E-state index contributed by atoms with van der Waals surface area (Å²) in [5.74, 6) is 0.238. The van der Waals surface area contributed by atoms with Gasteiger partial charge in [-0.1, -0.05) is 11.6 Å². The highest BCUT2D eigenvalue weighted by molar-refractivity contribution is 6.30. The Balaban J connectivity index is 2.29. The Labute approximate surface area is 107 Å². The van der Waals surface area contributed by atoms with Gasteiger partial charge >= 0.3 is 0 Å². The van der Waals surface area contributed by atoms with Crippen LogP contribution in [0.3, 0.4) is 0 Å². The van der Waals surface area contributed by atoms with E-state index in [-0.39, 0.29) is 17.9 Å². The number of hydrogen-bond acceptors (Lipinski definition) is 2. The first-order chi connectivity index (χ1) is 7.99. The third kappa shape index (κ3) is 2.62. The minimum atomic E-state index is -0.187. The molecule has 0 aromatic heterocycles. The molecule has 2 nitrogen and oxygen atoms in total. The van der Waals surface area contributed by atoms with E-state index in [9.17, 15) is 4.39 Å². The molecule has 0 spiro atoms. The van der Waals surface area contributed by atoms with Crippen LogP contribution >= 0.6 is 11.6 Å². The number of halogens is 2. The monoisotopic (exact) mass is 256 g/mol. The molecule has 0 heterocycles. The average Bonchev–Trinajstić information content (AvgIpc) is 2.20. The summed E-state index contributed by atoms with van der Waals surface area (Å²) in [5, 5.41) is 0.580. The lowest BCUT2D eigenvalue weighted by atomic mass is 9.73. The molecule has 0 amide bonds. The lowest BCUT2D eigenvalue weighted by molar-refractivity contribution is 0.120. The SMILES string of the molecule is CN(C)C(c1cc(Cl)ccc1F)C1CC(N)C1. The van der Waals surface area contributed by atoms with E-state index in [0.717, 1.165) is 12.8 Å². The number of rotatable bonds is 3. The molecule has 2 N–H and O–H groups in total. The van der Waals surface area contributed by atoms with Gasteiger partial charge in [0.15, 0.2) is 0 Å². The Morgan fingerprint density at radius 3 is 2.59 bits per heavy atom. The average molecular weight is 257 g/mol. The van der Waals surface area contributed by atoms with Crippen LogP contribution in [0.2, 0.25) is 5.02 Å². The van der Waals surface area contributed by atoms with Crippen LogP contribution in [-0.4, -0.2) is 25.0 Å². The van der Waals surface area contributed by atoms with Crippen molar-refractivity contribution >= 4 is 11.6 Å². The molecule has 94 valence electrons. The summed E-state index contributed by atoms with van der Waals surface area (Å²) < 4.78 is 13.9. The van der Waals surface area contributed by atoms with E-state index in [0.29, 0.717) is 16.5 Å². The van der Waals surface area contributed by atoms with Gasteiger partial charge in [-0.15, -0.1) is 0 Å². The van der Waals surface area contributed by atoms with Crippen molar-refractivity contribution in [1.29, 1.82) is 0 Å². The predicted molar refractivity (Wildman–Crippen MR) is 68.5 cm³/mol. The van der Waals surface area contributed by atoms with Crippen molar-refractivity contribution in [3.8, 4) is 0 Å². The van der Waals surface area contributed by atoms with E-state index < -0.39 is 0 Å². The molecule has 1 aliphatic rings. The van der Waals surface area contributed by atoms with Gasteiger partial charge in [-0.2, -0.15) is 0 Å². The molecular weight excluding hydrogens is 239 g/mol. The zero-order valence-electron chi connectivity index (χ0n) is 10.2. The van der Waals surface area contributed by atoms with Gasteiger partial charge < -0.3 is 10.6 Å². The molecule has 1 aromatic rings. The van der Waals surface area contributed by atoms with Gasteiger partial charge in [0.1, 0.15) is 5.82 Å². The van der Waals surface area contributed by atoms with Crippen molar-refractivity contribution in [3.63, 3.8) is 0 Å². The molecule has 1 aromatic carbocycles.